The zero-order valence-corrected chi connectivity index (χ0v) is 18.3. The van der Waals surface area contributed by atoms with E-state index in [0.717, 1.165) is 43.3 Å². The van der Waals surface area contributed by atoms with Gasteiger partial charge < -0.3 is 10.1 Å². The quantitative estimate of drug-likeness (QED) is 0.603. The maximum atomic E-state index is 5.67. The van der Waals surface area contributed by atoms with Crippen molar-refractivity contribution in [3.63, 3.8) is 0 Å². The fourth-order valence-electron chi connectivity index (χ4n) is 4.52. The Hall–Kier alpha value is -2.63. The summed E-state index contributed by atoms with van der Waals surface area (Å²) in [4.78, 5) is 2.58. The number of nitrogens with one attached hydrogen (secondary N) is 1. The molecule has 0 radical (unpaired) electrons. The second-order valence-electron chi connectivity index (χ2n) is 8.03. The van der Waals surface area contributed by atoms with E-state index < -0.39 is 0 Å². The van der Waals surface area contributed by atoms with Crippen molar-refractivity contribution in [1.82, 2.24) is 20.0 Å². The monoisotopic (exact) mass is 404 g/mol. The number of benzene rings is 2. The number of ether oxygens (including phenoxy) is 1. The molecule has 0 spiro atoms. The van der Waals surface area contributed by atoms with Gasteiger partial charge in [-0.05, 0) is 58.0 Å². The van der Waals surface area contributed by atoms with Crippen molar-refractivity contribution in [2.24, 2.45) is 0 Å². The van der Waals surface area contributed by atoms with Crippen molar-refractivity contribution >= 4 is 0 Å². The van der Waals surface area contributed by atoms with Gasteiger partial charge in [-0.25, -0.2) is 4.68 Å². The number of rotatable bonds is 8. The Morgan fingerprint density at radius 3 is 2.43 bits per heavy atom. The lowest BCUT2D eigenvalue weighted by atomic mass is 10.0. The molecule has 1 atom stereocenters. The molecule has 0 unspecified atom stereocenters. The predicted octanol–water partition coefficient (Wildman–Crippen LogP) is 4.42. The fourth-order valence-corrected chi connectivity index (χ4v) is 4.52. The average molecular weight is 405 g/mol. The highest BCUT2D eigenvalue weighted by atomic mass is 16.5. The van der Waals surface area contributed by atoms with Crippen LogP contribution in [-0.2, 0) is 6.54 Å². The summed E-state index contributed by atoms with van der Waals surface area (Å²) in [5, 5.41) is 8.51. The van der Waals surface area contributed by atoms with E-state index in [1.165, 1.54) is 29.7 Å². The zero-order chi connectivity index (χ0) is 20.9. The maximum absolute atomic E-state index is 5.67. The van der Waals surface area contributed by atoms with Crippen LogP contribution in [0.4, 0.5) is 0 Å². The molecule has 158 valence electrons. The first kappa shape index (κ1) is 20.6. The first-order chi connectivity index (χ1) is 14.7. The molecule has 5 heteroatoms. The van der Waals surface area contributed by atoms with Crippen LogP contribution in [0.3, 0.4) is 0 Å². The Bertz CT molecular complexity index is 961. The van der Waals surface area contributed by atoms with Crippen molar-refractivity contribution in [2.75, 3.05) is 26.7 Å². The lowest BCUT2D eigenvalue weighted by molar-refractivity contribution is 0.232. The number of nitrogens with zero attached hydrogens (tertiary/aromatic N) is 3. The second kappa shape index (κ2) is 9.45. The van der Waals surface area contributed by atoms with Crippen LogP contribution in [0.25, 0.3) is 5.69 Å². The Kier molecular flexibility index (Phi) is 6.50. The molecule has 0 amide bonds. The van der Waals surface area contributed by atoms with Gasteiger partial charge in [-0.15, -0.1) is 0 Å². The van der Waals surface area contributed by atoms with Crippen LogP contribution < -0.4 is 10.1 Å². The van der Waals surface area contributed by atoms with E-state index in [2.05, 4.69) is 66.5 Å². The van der Waals surface area contributed by atoms with E-state index in [4.69, 9.17) is 9.84 Å². The van der Waals surface area contributed by atoms with Crippen LogP contribution in [0.5, 0.6) is 5.75 Å². The highest BCUT2D eigenvalue weighted by Gasteiger charge is 2.25. The number of likely N-dealkylation sites (tertiary alicyclic amines) is 1. The van der Waals surface area contributed by atoms with Gasteiger partial charge in [0.1, 0.15) is 5.75 Å². The summed E-state index contributed by atoms with van der Waals surface area (Å²) < 4.78 is 7.72. The molecular weight excluding hydrogens is 372 g/mol. The molecular formula is C25H32N4O. The third kappa shape index (κ3) is 4.27. The average Bonchev–Trinajstić information content (AvgIpc) is 3.41. The highest BCUT2D eigenvalue weighted by Crippen LogP contribution is 2.31. The van der Waals surface area contributed by atoms with Gasteiger partial charge in [-0.1, -0.05) is 36.4 Å². The number of hydrogen-bond acceptors (Lipinski definition) is 4. The molecule has 4 rings (SSSR count). The molecule has 1 N–H and O–H groups in total. The summed E-state index contributed by atoms with van der Waals surface area (Å²) in [5.74, 6) is 0.973. The van der Waals surface area contributed by atoms with Crippen molar-refractivity contribution in [3.8, 4) is 11.4 Å². The van der Waals surface area contributed by atoms with Gasteiger partial charge in [0.15, 0.2) is 0 Å². The summed E-state index contributed by atoms with van der Waals surface area (Å²) in [5.41, 5.74) is 5.93. The Morgan fingerprint density at radius 2 is 1.70 bits per heavy atom. The third-order valence-electron chi connectivity index (χ3n) is 6.16. The van der Waals surface area contributed by atoms with E-state index >= 15 is 0 Å². The Balaban J connectivity index is 1.51. The lowest BCUT2D eigenvalue weighted by Crippen LogP contribution is -2.34. The predicted molar refractivity (Wildman–Crippen MR) is 121 cm³/mol. The van der Waals surface area contributed by atoms with Crippen LogP contribution in [0.15, 0.2) is 54.6 Å². The maximum Gasteiger partial charge on any atom is 0.123 e. The van der Waals surface area contributed by atoms with Crippen molar-refractivity contribution in [3.05, 3.63) is 77.1 Å². The summed E-state index contributed by atoms with van der Waals surface area (Å²) in [6.45, 7) is 8.24. The fraction of sp³-hybridized carbons (Fsp3) is 0.400. The van der Waals surface area contributed by atoms with E-state index in [1.807, 2.05) is 16.8 Å². The number of aryl methyl sites for hydroxylation is 1. The van der Waals surface area contributed by atoms with Crippen LogP contribution in [-0.4, -0.2) is 41.4 Å². The molecule has 1 aromatic heterocycles. The molecule has 0 saturated carbocycles. The molecule has 0 bridgehead atoms. The minimum absolute atomic E-state index is 0.313. The van der Waals surface area contributed by atoms with Crippen LogP contribution in [0.2, 0.25) is 0 Å². The van der Waals surface area contributed by atoms with Gasteiger partial charge in [-0.3, -0.25) is 4.90 Å². The molecule has 5 nitrogen and oxygen atoms in total. The summed E-state index contributed by atoms with van der Waals surface area (Å²) in [7, 11) is 1.76. The molecule has 2 aromatic carbocycles. The van der Waals surface area contributed by atoms with Gasteiger partial charge in [0.05, 0.1) is 24.5 Å². The smallest absolute Gasteiger partial charge is 0.123 e. The summed E-state index contributed by atoms with van der Waals surface area (Å²) >= 11 is 0. The second-order valence-corrected chi connectivity index (χ2v) is 8.03. The minimum Gasteiger partial charge on any atom is -0.496 e. The van der Waals surface area contributed by atoms with Crippen LogP contribution in [0.1, 0.15) is 41.4 Å². The molecule has 1 saturated heterocycles. The highest BCUT2D eigenvalue weighted by molar-refractivity contribution is 5.38. The summed E-state index contributed by atoms with van der Waals surface area (Å²) in [6.07, 6.45) is 2.54. The van der Waals surface area contributed by atoms with E-state index in [1.54, 1.807) is 7.11 Å². The Morgan fingerprint density at radius 1 is 1.00 bits per heavy atom. The lowest BCUT2D eigenvalue weighted by Gasteiger charge is -2.29. The first-order valence-electron chi connectivity index (χ1n) is 10.9. The zero-order valence-electron chi connectivity index (χ0n) is 18.3. The van der Waals surface area contributed by atoms with Crippen LogP contribution >= 0.6 is 0 Å². The number of para-hydroxylation sites is 2. The van der Waals surface area contributed by atoms with Gasteiger partial charge >= 0.3 is 0 Å². The number of hydrogen-bond donors (Lipinski definition) is 1. The summed E-state index contributed by atoms with van der Waals surface area (Å²) in [6, 6.07) is 19.1. The van der Waals surface area contributed by atoms with Gasteiger partial charge in [0, 0.05) is 29.9 Å². The van der Waals surface area contributed by atoms with Gasteiger partial charge in [0.25, 0.3) is 0 Å². The van der Waals surface area contributed by atoms with Crippen molar-refractivity contribution in [1.29, 1.82) is 0 Å². The standard InChI is InChI=1S/C25H32N4O/c1-19-23(20(2)29(27-19)21-11-5-4-6-12-21)17-26-18-24(28-15-9-10-16-28)22-13-7-8-14-25(22)30-3/h4-8,11-14,24,26H,9-10,15-18H2,1-3H3/t24-/m1/s1. The SMILES string of the molecule is COc1ccccc1[C@@H](CNCc1c(C)nn(-c2ccccc2)c1C)N1CCCC1. The topological polar surface area (TPSA) is 42.3 Å². The van der Waals surface area contributed by atoms with E-state index in [9.17, 15) is 0 Å². The third-order valence-corrected chi connectivity index (χ3v) is 6.16. The van der Waals surface area contributed by atoms with Gasteiger partial charge in [0.2, 0.25) is 0 Å². The largest absolute Gasteiger partial charge is 0.496 e. The number of methoxy groups -OCH3 is 1. The molecule has 0 aliphatic carbocycles. The van der Waals surface area contributed by atoms with Crippen molar-refractivity contribution in [2.45, 2.75) is 39.3 Å². The van der Waals surface area contributed by atoms with Crippen molar-refractivity contribution < 1.29 is 4.74 Å². The normalized spacial score (nSPS) is 15.4. The molecule has 2 heterocycles. The Labute approximate surface area is 179 Å². The molecule has 1 aliphatic rings. The van der Waals surface area contributed by atoms with Crippen LogP contribution in [0, 0.1) is 13.8 Å². The number of aromatic nitrogens is 2. The first-order valence-corrected chi connectivity index (χ1v) is 10.9. The molecule has 3 aromatic rings. The van der Waals surface area contributed by atoms with E-state index in [-0.39, 0.29) is 0 Å². The minimum atomic E-state index is 0.313. The van der Waals surface area contributed by atoms with E-state index in [0.29, 0.717) is 6.04 Å². The molecule has 30 heavy (non-hydrogen) atoms. The molecule has 1 fully saturated rings. The van der Waals surface area contributed by atoms with Gasteiger partial charge in [-0.2, -0.15) is 5.10 Å². The molecule has 1 aliphatic heterocycles.